The number of benzene rings is 6. The van der Waals surface area contributed by atoms with Gasteiger partial charge in [-0.3, -0.25) is 9.55 Å². The number of aromatic nitrogens is 4. The van der Waals surface area contributed by atoms with Gasteiger partial charge in [-0.15, -0.1) is 0 Å². The van der Waals surface area contributed by atoms with Crippen LogP contribution in [-0.4, -0.2) is 19.1 Å². The van der Waals surface area contributed by atoms with E-state index in [0.29, 0.717) is 0 Å². The normalized spacial score (nSPS) is 11.6. The molecule has 0 aliphatic rings. The molecule has 0 atom stereocenters. The van der Waals surface area contributed by atoms with Gasteiger partial charge in [-0.2, -0.15) is 0 Å². The van der Waals surface area contributed by atoms with Gasteiger partial charge in [0.2, 0.25) is 0 Å². The van der Waals surface area contributed by atoms with Crippen molar-refractivity contribution in [1.29, 1.82) is 0 Å². The number of anilines is 3. The van der Waals surface area contributed by atoms with Gasteiger partial charge in [0.25, 0.3) is 0 Å². The predicted molar refractivity (Wildman–Crippen MR) is 216 cm³/mol. The summed E-state index contributed by atoms with van der Waals surface area (Å²) in [4.78, 5) is 12.0. The summed E-state index contributed by atoms with van der Waals surface area (Å²) >= 11 is 0. The first-order chi connectivity index (χ1) is 25.7. The van der Waals surface area contributed by atoms with Crippen LogP contribution < -0.4 is 4.90 Å². The van der Waals surface area contributed by atoms with Gasteiger partial charge in [0.1, 0.15) is 5.82 Å². The van der Waals surface area contributed by atoms with Gasteiger partial charge in [0.15, 0.2) is 0 Å². The van der Waals surface area contributed by atoms with E-state index in [0.717, 1.165) is 56.4 Å². The number of rotatable bonds is 6. The number of nitrogens with zero attached hydrogens (tertiary/aromatic N) is 5. The highest BCUT2D eigenvalue weighted by atomic mass is 15.1. The van der Waals surface area contributed by atoms with Crippen LogP contribution in [0.3, 0.4) is 0 Å². The summed E-state index contributed by atoms with van der Waals surface area (Å²) in [5.41, 5.74) is 12.0. The van der Waals surface area contributed by atoms with Crippen molar-refractivity contribution in [2.45, 2.75) is 6.92 Å². The van der Waals surface area contributed by atoms with Crippen molar-refractivity contribution in [3.63, 3.8) is 0 Å². The lowest BCUT2D eigenvalue weighted by molar-refractivity contribution is 1.07. The third kappa shape index (κ3) is 4.78. The molecular weight excluding hydrogens is 635 g/mol. The van der Waals surface area contributed by atoms with Crippen LogP contribution in [0.25, 0.3) is 66.4 Å². The molecule has 0 saturated heterocycles. The molecule has 0 aliphatic carbocycles. The van der Waals surface area contributed by atoms with E-state index in [-0.39, 0.29) is 0 Å². The minimum Gasteiger partial charge on any atom is -0.310 e. The Balaban J connectivity index is 1.29. The van der Waals surface area contributed by atoms with Crippen LogP contribution >= 0.6 is 0 Å². The molecule has 0 radical (unpaired) electrons. The Morgan fingerprint density at radius 3 is 2.04 bits per heavy atom. The molecule has 6 aromatic carbocycles. The number of hydrogen-bond acceptors (Lipinski definition) is 3. The summed E-state index contributed by atoms with van der Waals surface area (Å²) in [5.74, 6) is 0.882. The Labute approximate surface area is 301 Å². The van der Waals surface area contributed by atoms with Crippen LogP contribution in [0.5, 0.6) is 0 Å². The van der Waals surface area contributed by atoms with E-state index in [1.807, 2.05) is 24.5 Å². The van der Waals surface area contributed by atoms with Gasteiger partial charge in [0, 0.05) is 62.3 Å². The van der Waals surface area contributed by atoms with E-state index in [1.165, 1.54) is 32.6 Å². The summed E-state index contributed by atoms with van der Waals surface area (Å²) in [6.45, 7) is 2.08. The summed E-state index contributed by atoms with van der Waals surface area (Å²) < 4.78 is 4.75. The molecule has 10 aromatic rings. The van der Waals surface area contributed by atoms with Gasteiger partial charge in [-0.1, -0.05) is 91.0 Å². The largest absolute Gasteiger partial charge is 0.310 e. The minimum absolute atomic E-state index is 0.882. The first kappa shape index (κ1) is 29.9. The van der Waals surface area contributed by atoms with Crippen molar-refractivity contribution in [2.24, 2.45) is 0 Å². The lowest BCUT2D eigenvalue weighted by atomic mass is 10.1. The molecule has 0 unspecified atom stereocenters. The summed E-state index contributed by atoms with van der Waals surface area (Å²) in [7, 11) is 0. The second-order valence-electron chi connectivity index (χ2n) is 13.2. The number of aryl methyl sites for hydroxylation is 1. The molecule has 0 N–H and O–H groups in total. The molecule has 10 rings (SSSR count). The molecule has 0 fully saturated rings. The van der Waals surface area contributed by atoms with Crippen LogP contribution in [0.4, 0.5) is 17.1 Å². The van der Waals surface area contributed by atoms with Crippen molar-refractivity contribution >= 4 is 60.7 Å². The first-order valence-corrected chi connectivity index (χ1v) is 17.6. The maximum Gasteiger partial charge on any atom is 0.137 e. The summed E-state index contributed by atoms with van der Waals surface area (Å²) in [6.07, 6.45) is 3.80. The van der Waals surface area contributed by atoms with E-state index < -0.39 is 0 Å². The third-order valence-corrected chi connectivity index (χ3v) is 10.0. The zero-order valence-corrected chi connectivity index (χ0v) is 28.6. The van der Waals surface area contributed by atoms with E-state index >= 15 is 0 Å². The lowest BCUT2D eigenvalue weighted by Crippen LogP contribution is -2.10. The van der Waals surface area contributed by atoms with Crippen molar-refractivity contribution in [3.05, 3.63) is 188 Å². The Kier molecular flexibility index (Phi) is 6.96. The maximum absolute atomic E-state index is 5.00. The molecule has 246 valence electrons. The zero-order chi connectivity index (χ0) is 34.6. The average Bonchev–Trinajstić information content (AvgIpc) is 3.72. The van der Waals surface area contributed by atoms with E-state index in [4.69, 9.17) is 4.98 Å². The van der Waals surface area contributed by atoms with Gasteiger partial charge in [-0.25, -0.2) is 4.98 Å². The third-order valence-electron chi connectivity index (χ3n) is 10.0. The van der Waals surface area contributed by atoms with Crippen LogP contribution in [0, 0.1) is 6.92 Å². The summed E-state index contributed by atoms with van der Waals surface area (Å²) in [6, 6.07) is 60.3. The highest BCUT2D eigenvalue weighted by Gasteiger charge is 2.23. The monoisotopic (exact) mass is 667 g/mol. The second-order valence-corrected chi connectivity index (χ2v) is 13.2. The minimum atomic E-state index is 0.882. The molecule has 0 bridgehead atoms. The van der Waals surface area contributed by atoms with E-state index in [2.05, 4.69) is 184 Å². The van der Waals surface area contributed by atoms with Gasteiger partial charge in [0.05, 0.1) is 27.8 Å². The summed E-state index contributed by atoms with van der Waals surface area (Å²) in [5, 5.41) is 4.83. The van der Waals surface area contributed by atoms with Crippen LogP contribution in [0.15, 0.2) is 182 Å². The molecule has 52 heavy (non-hydrogen) atoms. The average molecular weight is 668 g/mol. The standard InChI is InChI=1S/C47H33N5/c1-32-22-27-45(49-31-32)52-43-26-25-39-38-19-8-9-21-42(38)51(35-16-6-3-7-17-35)47(39)46(43)40-24-23-37(30-44(40)52)50(34-14-4-2-5-15-34)36-18-12-13-33(29-36)41-20-10-11-28-48-41/h2-31H,1H3. The number of pyridine rings is 2. The first-order valence-electron chi connectivity index (χ1n) is 17.6. The Hall–Kier alpha value is -6.98. The molecule has 5 heteroatoms. The fourth-order valence-electron chi connectivity index (χ4n) is 7.73. The number of fused-ring (bicyclic) bond motifs is 7. The topological polar surface area (TPSA) is 38.9 Å². The van der Waals surface area contributed by atoms with Gasteiger partial charge in [-0.05, 0) is 91.3 Å². The fraction of sp³-hybridized carbons (Fsp3) is 0.0213. The molecule has 0 spiro atoms. The molecule has 0 saturated carbocycles. The van der Waals surface area contributed by atoms with Crippen LogP contribution in [0.2, 0.25) is 0 Å². The van der Waals surface area contributed by atoms with Gasteiger partial charge >= 0.3 is 0 Å². The van der Waals surface area contributed by atoms with Crippen molar-refractivity contribution in [1.82, 2.24) is 19.1 Å². The molecule has 0 amide bonds. The Morgan fingerprint density at radius 1 is 0.481 bits per heavy atom. The highest BCUT2D eigenvalue weighted by Crippen LogP contribution is 2.44. The van der Waals surface area contributed by atoms with Crippen LogP contribution in [0.1, 0.15) is 5.56 Å². The zero-order valence-electron chi connectivity index (χ0n) is 28.6. The molecule has 0 aliphatic heterocycles. The number of hydrogen-bond donors (Lipinski definition) is 0. The Bertz CT molecular complexity index is 2890. The fourth-order valence-corrected chi connectivity index (χ4v) is 7.73. The quantitative estimate of drug-likeness (QED) is 0.177. The smallest absolute Gasteiger partial charge is 0.137 e. The van der Waals surface area contributed by atoms with Crippen molar-refractivity contribution in [2.75, 3.05) is 4.90 Å². The Morgan fingerprint density at radius 2 is 1.23 bits per heavy atom. The van der Waals surface area contributed by atoms with Crippen molar-refractivity contribution in [3.8, 4) is 22.8 Å². The number of para-hydroxylation sites is 3. The molecule has 5 nitrogen and oxygen atoms in total. The molecule has 4 heterocycles. The van der Waals surface area contributed by atoms with Crippen LogP contribution in [-0.2, 0) is 0 Å². The molecule has 4 aromatic heterocycles. The highest BCUT2D eigenvalue weighted by molar-refractivity contribution is 6.26. The molecular formula is C47H33N5. The second kappa shape index (κ2) is 12.1. The van der Waals surface area contributed by atoms with Gasteiger partial charge < -0.3 is 9.47 Å². The maximum atomic E-state index is 5.00. The van der Waals surface area contributed by atoms with Crippen molar-refractivity contribution < 1.29 is 0 Å². The van der Waals surface area contributed by atoms with E-state index in [9.17, 15) is 0 Å². The van der Waals surface area contributed by atoms with E-state index in [1.54, 1.807) is 0 Å². The SMILES string of the molecule is Cc1ccc(-n2c3cc(N(c4ccccc4)c4cccc(-c5ccccn5)c4)ccc3c3c2ccc2c4ccccc4n(-c4ccccc4)c23)nc1. The lowest BCUT2D eigenvalue weighted by Gasteiger charge is -2.26. The predicted octanol–water partition coefficient (Wildman–Crippen LogP) is 12.1.